The van der Waals surface area contributed by atoms with Crippen LogP contribution >= 0.6 is 0 Å². The molecule has 83 heavy (non-hydrogen) atoms. The van der Waals surface area contributed by atoms with Gasteiger partial charge in [0.2, 0.25) is 0 Å². The number of carbonyl (C=O) groups is 3. The lowest BCUT2D eigenvalue weighted by Gasteiger charge is -2.23. The number of nitrogens with one attached hydrogen (secondary N) is 2. The Kier molecular flexibility index (Phi) is 16.1. The maximum Gasteiger partial charge on any atom is 0.424 e. The van der Waals surface area contributed by atoms with E-state index >= 15 is 0 Å². The van der Waals surface area contributed by atoms with E-state index in [1.165, 1.54) is 46.5 Å². The van der Waals surface area contributed by atoms with E-state index in [4.69, 9.17) is 17.8 Å². The van der Waals surface area contributed by atoms with Gasteiger partial charge in [0.25, 0.3) is 11.8 Å². The Morgan fingerprint density at radius 1 is 0.590 bits per heavy atom. The molecule has 3 N–H and O–H groups in total. The summed E-state index contributed by atoms with van der Waals surface area (Å²) >= 11 is 0. The van der Waals surface area contributed by atoms with Gasteiger partial charge in [-0.25, -0.2) is 13.6 Å². The normalized spacial score (nSPS) is 13.1. The summed E-state index contributed by atoms with van der Waals surface area (Å²) in [5.41, 5.74) is 3.37. The quantitative estimate of drug-likeness (QED) is 0.0817. The molecule has 424 valence electrons. The zero-order valence-corrected chi connectivity index (χ0v) is 46.3. The molecule has 3 amide bonds. The van der Waals surface area contributed by atoms with Gasteiger partial charge in [0.05, 0.1) is 24.2 Å². The molecule has 11 rings (SSSR count). The maximum atomic E-state index is 14.3. The maximum absolute atomic E-state index is 14.3. The molecular formula is C61H52F2N6O12S2. The summed E-state index contributed by atoms with van der Waals surface area (Å²) in [6.07, 6.45) is 1.01. The van der Waals surface area contributed by atoms with E-state index in [-0.39, 0.29) is 99.8 Å². The Morgan fingerprint density at radius 3 is 1.57 bits per heavy atom. The predicted molar refractivity (Wildman–Crippen MR) is 302 cm³/mol. The Bertz CT molecular complexity index is 4110. The van der Waals surface area contributed by atoms with Crippen LogP contribution in [0.3, 0.4) is 0 Å². The van der Waals surface area contributed by atoms with Gasteiger partial charge in [-0.2, -0.15) is 26.3 Å². The lowest BCUT2D eigenvalue weighted by Crippen LogP contribution is -2.38. The molecule has 0 aliphatic carbocycles. The van der Waals surface area contributed by atoms with Crippen LogP contribution < -0.4 is 22.5 Å². The summed E-state index contributed by atoms with van der Waals surface area (Å²) in [5.74, 6) is -2.27. The summed E-state index contributed by atoms with van der Waals surface area (Å²) in [6.45, 7) is 4.91. The summed E-state index contributed by atoms with van der Waals surface area (Å²) in [5, 5.41) is 11.3. The number of phenolic OH excluding ortho intramolecular Hbond substituents is 1. The highest BCUT2D eigenvalue weighted by Gasteiger charge is 2.40. The number of ether oxygens (including phenoxy) is 2. The smallest absolute Gasteiger partial charge is 0.424 e. The van der Waals surface area contributed by atoms with Gasteiger partial charge in [-0.3, -0.25) is 19.6 Å². The molecule has 0 spiro atoms. The molecule has 2 aliphatic rings. The Labute approximate surface area is 476 Å². The van der Waals surface area contributed by atoms with Crippen LogP contribution in [0.1, 0.15) is 86.5 Å². The van der Waals surface area contributed by atoms with Gasteiger partial charge in [-0.15, -0.1) is 0 Å². The number of fused-ring (bicyclic) bond motifs is 4. The van der Waals surface area contributed by atoms with Gasteiger partial charge in [0.1, 0.15) is 34.4 Å². The number of carbonyl (C=O) groups excluding carboxylic acids is 3. The highest BCUT2D eigenvalue weighted by Crippen LogP contribution is 2.48. The van der Waals surface area contributed by atoms with Crippen LogP contribution in [0.25, 0.3) is 21.8 Å². The average Bonchev–Trinajstić information content (AvgIpc) is 2.33. The van der Waals surface area contributed by atoms with E-state index in [0.29, 0.717) is 11.1 Å². The monoisotopic (exact) mass is 1160 g/mol. The van der Waals surface area contributed by atoms with E-state index in [9.17, 15) is 45.1 Å². The Morgan fingerprint density at radius 2 is 1.05 bits per heavy atom. The van der Waals surface area contributed by atoms with Crippen LogP contribution in [0.2, 0.25) is 0 Å². The fourth-order valence-corrected chi connectivity index (χ4v) is 11.0. The predicted octanol–water partition coefficient (Wildman–Crippen LogP) is 10.5. The van der Waals surface area contributed by atoms with E-state index in [1.807, 2.05) is 66.7 Å². The number of hydrogen-bond acceptors (Lipinski definition) is 14. The zero-order valence-electron chi connectivity index (χ0n) is 44.7. The second-order valence-electron chi connectivity index (χ2n) is 20.2. The van der Waals surface area contributed by atoms with Crippen molar-refractivity contribution in [3.63, 3.8) is 0 Å². The van der Waals surface area contributed by atoms with Crippen LogP contribution in [-0.4, -0.2) is 65.2 Å². The van der Waals surface area contributed by atoms with Crippen molar-refractivity contribution in [2.24, 2.45) is 0 Å². The molecular weight excluding hydrogens is 1110 g/mol. The molecule has 7 aromatic carbocycles. The minimum Gasteiger partial charge on any atom is -0.505 e. The molecule has 0 unspecified atom stereocenters. The molecule has 4 heterocycles. The molecule has 0 atom stereocenters. The number of nitrogens with zero attached hydrogens (tertiary/aromatic N) is 4. The minimum atomic E-state index is -4.80. The summed E-state index contributed by atoms with van der Waals surface area (Å²) in [4.78, 5) is 51.5. The van der Waals surface area contributed by atoms with E-state index in [0.717, 1.165) is 16.7 Å². The zero-order chi connectivity index (χ0) is 58.6. The van der Waals surface area contributed by atoms with Gasteiger partial charge in [0.15, 0.2) is 23.0 Å². The SMILES string of the molecule is CC(C)(C)OC(=O)NS(=O)(=O)Oc1c2c(c(OC(c3ccccc3)c3ccccc3)c3ncccc13)C(=O)N(Cc1ccc(F)cc1)C2.O=C1c2c(c(OS(=O)(=O)NCc3ccccc3)c3cccnc3c2O)CN1Cc1ccc(F)cc1. The molecule has 9 aromatic rings. The first kappa shape index (κ1) is 56.8. The van der Waals surface area contributed by atoms with Crippen LogP contribution in [0, 0.1) is 11.6 Å². The van der Waals surface area contributed by atoms with Gasteiger partial charge in [-0.1, -0.05) is 115 Å². The van der Waals surface area contributed by atoms with E-state index in [1.54, 1.807) is 98.3 Å². The van der Waals surface area contributed by atoms with Crippen molar-refractivity contribution in [1.29, 1.82) is 0 Å². The molecule has 18 nitrogen and oxygen atoms in total. The van der Waals surface area contributed by atoms with Crippen LogP contribution in [-0.2, 0) is 58.1 Å². The topological polar surface area (TPSA) is 233 Å². The molecule has 0 saturated heterocycles. The molecule has 0 fully saturated rings. The number of aromatic hydroxyl groups is 1. The van der Waals surface area contributed by atoms with Gasteiger partial charge < -0.3 is 32.7 Å². The number of pyridine rings is 2. The van der Waals surface area contributed by atoms with Crippen molar-refractivity contribution in [2.75, 3.05) is 0 Å². The molecule has 22 heteroatoms. The van der Waals surface area contributed by atoms with Crippen LogP contribution in [0.5, 0.6) is 23.0 Å². The fourth-order valence-electron chi connectivity index (χ4n) is 9.54. The molecule has 0 radical (unpaired) electrons. The van der Waals surface area contributed by atoms with Crippen molar-refractivity contribution >= 4 is 60.3 Å². The van der Waals surface area contributed by atoms with Crippen molar-refractivity contribution in [2.45, 2.75) is 65.2 Å². The van der Waals surface area contributed by atoms with Gasteiger partial charge in [-0.05, 0) is 97.1 Å². The first-order chi connectivity index (χ1) is 39.7. The first-order valence-electron chi connectivity index (χ1n) is 25.8. The number of aromatic nitrogens is 2. The lowest BCUT2D eigenvalue weighted by atomic mass is 9.99. The minimum absolute atomic E-state index is 0.00647. The van der Waals surface area contributed by atoms with Crippen LogP contribution in [0.15, 0.2) is 176 Å². The largest absolute Gasteiger partial charge is 0.505 e. The highest BCUT2D eigenvalue weighted by atomic mass is 32.2. The number of rotatable bonds is 16. The summed E-state index contributed by atoms with van der Waals surface area (Å²) in [6, 6.07) is 45.6. The number of halogens is 2. The van der Waals surface area contributed by atoms with Gasteiger partial charge >= 0.3 is 26.7 Å². The third kappa shape index (κ3) is 13.0. The van der Waals surface area contributed by atoms with E-state index < -0.39 is 61.9 Å². The van der Waals surface area contributed by atoms with Crippen LogP contribution in [0.4, 0.5) is 13.6 Å². The standard InChI is InChI=1S/C36H32FN3O7S.C25H20FN3O5S/c1-36(2,3)46-35(42)39-48(43,44)47-32-27-15-10-20-38-30(27)33(45-31(24-11-6-4-7-12-24)25-13-8-5-9-14-25)29-28(32)22-40(34(29)41)21-23-16-18-26(37)19-17-23;26-18-10-8-17(9-11-18)14-29-15-20-21(25(29)31)23(30)22-19(7-4-12-27-22)24(20)34-35(32,33)28-13-16-5-2-1-3-6-16/h4-20,31H,21-22H2,1-3H3,(H,39,42);1-12,28,30H,13-15H2. The highest BCUT2D eigenvalue weighted by molar-refractivity contribution is 7.85. The van der Waals surface area contributed by atoms with Crippen molar-refractivity contribution < 1.29 is 62.9 Å². The first-order valence-corrected chi connectivity index (χ1v) is 28.6. The van der Waals surface area contributed by atoms with Crippen molar-refractivity contribution in [3.8, 4) is 23.0 Å². The van der Waals surface area contributed by atoms with Crippen molar-refractivity contribution in [3.05, 3.63) is 238 Å². The summed E-state index contributed by atoms with van der Waals surface area (Å²) in [7, 11) is -9.09. The van der Waals surface area contributed by atoms with E-state index in [2.05, 4.69) is 14.7 Å². The fraction of sp³-hybridized carbons (Fsp3) is 0.164. The molecule has 0 bridgehead atoms. The van der Waals surface area contributed by atoms with Gasteiger partial charge in [0, 0.05) is 53.9 Å². The molecule has 2 aliphatic heterocycles. The molecule has 2 aromatic heterocycles. The molecule has 0 saturated carbocycles. The van der Waals surface area contributed by atoms with Crippen molar-refractivity contribution in [1.82, 2.24) is 29.2 Å². The summed E-state index contributed by atoms with van der Waals surface area (Å²) < 4.78 is 106. The number of benzene rings is 7. The third-order valence-corrected chi connectivity index (χ3v) is 14.8. The average molecular weight is 1160 g/mol. The number of hydrogen-bond donors (Lipinski definition) is 3. The Balaban J connectivity index is 0.000000195. The number of phenols is 1. The second-order valence-corrected chi connectivity index (χ2v) is 22.9. The lowest BCUT2D eigenvalue weighted by molar-refractivity contribution is 0.0566. The second kappa shape index (κ2) is 23.5. The number of amides is 3. The Hall–Kier alpha value is -9.51. The third-order valence-electron chi connectivity index (χ3n) is 13.2.